The molecule has 0 aliphatic carbocycles. The minimum absolute atomic E-state index is 0.136. The van der Waals surface area contributed by atoms with E-state index in [4.69, 9.17) is 23.2 Å². The first-order chi connectivity index (χ1) is 9.45. The van der Waals surface area contributed by atoms with Gasteiger partial charge in [0, 0.05) is 0 Å². The Morgan fingerprint density at radius 3 is 2.45 bits per heavy atom. The minimum Gasteiger partial charge on any atom is -0.323 e. The lowest BCUT2D eigenvalue weighted by molar-refractivity contribution is -0.115. The zero-order valence-electron chi connectivity index (χ0n) is 11.2. The van der Waals surface area contributed by atoms with Crippen LogP contribution in [0.15, 0.2) is 30.3 Å². The monoisotopic (exact) mass is 308 g/mol. The Labute approximate surface area is 127 Å². The highest BCUT2D eigenvalue weighted by atomic mass is 35.5. The molecular formula is C15H14Cl2N2O. The quantitative estimate of drug-likeness (QED) is 0.864. The molecule has 1 aromatic heterocycles. The Kier molecular flexibility index (Phi) is 4.63. The molecule has 1 amide bonds. The lowest BCUT2D eigenvalue weighted by Crippen LogP contribution is -2.15. The van der Waals surface area contributed by atoms with E-state index >= 15 is 0 Å². The highest BCUT2D eigenvalue weighted by Gasteiger charge is 2.11. The van der Waals surface area contributed by atoms with Gasteiger partial charge in [-0.2, -0.15) is 0 Å². The molecular weight excluding hydrogens is 295 g/mol. The molecule has 0 radical (unpaired) electrons. The van der Waals surface area contributed by atoms with Crippen LogP contribution in [0.3, 0.4) is 0 Å². The van der Waals surface area contributed by atoms with Gasteiger partial charge in [-0.15, -0.1) is 0 Å². The number of halogens is 2. The van der Waals surface area contributed by atoms with E-state index < -0.39 is 0 Å². The third kappa shape index (κ3) is 3.71. The summed E-state index contributed by atoms with van der Waals surface area (Å²) >= 11 is 11.8. The molecule has 0 bridgehead atoms. The number of amides is 1. The molecule has 0 aliphatic rings. The van der Waals surface area contributed by atoms with Crippen molar-refractivity contribution in [2.75, 3.05) is 5.32 Å². The van der Waals surface area contributed by atoms with Gasteiger partial charge in [-0.05, 0) is 31.0 Å². The Bertz CT molecular complexity index is 616. The fourth-order valence-electron chi connectivity index (χ4n) is 1.82. The van der Waals surface area contributed by atoms with Crippen LogP contribution in [-0.2, 0) is 11.2 Å². The average molecular weight is 309 g/mol. The van der Waals surface area contributed by atoms with Gasteiger partial charge < -0.3 is 5.32 Å². The van der Waals surface area contributed by atoms with Crippen molar-refractivity contribution in [3.63, 3.8) is 0 Å². The average Bonchev–Trinajstić information content (AvgIpc) is 2.36. The van der Waals surface area contributed by atoms with E-state index in [9.17, 15) is 4.79 Å². The molecule has 0 spiro atoms. The molecule has 0 saturated heterocycles. The van der Waals surface area contributed by atoms with E-state index in [0.717, 1.165) is 16.7 Å². The number of rotatable bonds is 3. The second-order valence-electron chi connectivity index (χ2n) is 4.64. The van der Waals surface area contributed by atoms with E-state index in [2.05, 4.69) is 10.3 Å². The van der Waals surface area contributed by atoms with Crippen molar-refractivity contribution in [2.24, 2.45) is 0 Å². The standard InChI is InChI=1S/C15H14Cl2N2O/c1-9-3-5-11(6-4-9)8-13(20)19-14-10(2)7-12(16)18-15(14)17/h3-7H,8H2,1-2H3,(H,19,20). The van der Waals surface area contributed by atoms with Crippen LogP contribution in [-0.4, -0.2) is 10.9 Å². The van der Waals surface area contributed by atoms with Crippen LogP contribution < -0.4 is 5.32 Å². The number of aryl methyl sites for hydroxylation is 2. The highest BCUT2D eigenvalue weighted by molar-refractivity contribution is 6.34. The first-order valence-electron chi connectivity index (χ1n) is 6.14. The van der Waals surface area contributed by atoms with E-state index in [1.807, 2.05) is 38.1 Å². The van der Waals surface area contributed by atoms with Crippen LogP contribution >= 0.6 is 23.2 Å². The summed E-state index contributed by atoms with van der Waals surface area (Å²) in [5.41, 5.74) is 3.40. The van der Waals surface area contributed by atoms with Gasteiger partial charge in [0.15, 0.2) is 5.15 Å². The molecule has 104 valence electrons. The fourth-order valence-corrected chi connectivity index (χ4v) is 2.40. The maximum atomic E-state index is 12.0. The molecule has 5 heteroatoms. The molecule has 0 aliphatic heterocycles. The zero-order valence-corrected chi connectivity index (χ0v) is 12.7. The van der Waals surface area contributed by atoms with Crippen molar-refractivity contribution in [3.8, 4) is 0 Å². The number of benzene rings is 1. The Morgan fingerprint density at radius 2 is 1.85 bits per heavy atom. The molecule has 20 heavy (non-hydrogen) atoms. The smallest absolute Gasteiger partial charge is 0.228 e. The van der Waals surface area contributed by atoms with Crippen LogP contribution in [0.1, 0.15) is 16.7 Å². The third-order valence-corrected chi connectivity index (χ3v) is 3.36. The van der Waals surface area contributed by atoms with Gasteiger partial charge in [0.25, 0.3) is 0 Å². The number of hydrogen-bond acceptors (Lipinski definition) is 2. The number of pyridine rings is 1. The minimum atomic E-state index is -0.136. The van der Waals surface area contributed by atoms with E-state index in [1.54, 1.807) is 6.07 Å². The predicted molar refractivity (Wildman–Crippen MR) is 82.5 cm³/mol. The van der Waals surface area contributed by atoms with Gasteiger partial charge in [-0.25, -0.2) is 4.98 Å². The number of hydrogen-bond donors (Lipinski definition) is 1. The number of anilines is 1. The molecule has 1 aromatic carbocycles. The summed E-state index contributed by atoms with van der Waals surface area (Å²) in [5.74, 6) is -0.136. The highest BCUT2D eigenvalue weighted by Crippen LogP contribution is 2.26. The lowest BCUT2D eigenvalue weighted by Gasteiger charge is -2.10. The number of aromatic nitrogens is 1. The zero-order chi connectivity index (χ0) is 14.7. The molecule has 0 fully saturated rings. The fraction of sp³-hybridized carbons (Fsp3) is 0.200. The van der Waals surface area contributed by atoms with Crippen molar-refractivity contribution in [1.82, 2.24) is 4.98 Å². The predicted octanol–water partition coefficient (Wildman–Crippen LogP) is 4.19. The number of nitrogens with one attached hydrogen (secondary N) is 1. The number of carbonyl (C=O) groups excluding carboxylic acids is 1. The molecule has 1 heterocycles. The molecule has 1 N–H and O–H groups in total. The first kappa shape index (κ1) is 14.8. The van der Waals surface area contributed by atoms with Gasteiger partial charge in [0.1, 0.15) is 5.15 Å². The molecule has 0 atom stereocenters. The van der Waals surface area contributed by atoms with Crippen LogP contribution in [0.4, 0.5) is 5.69 Å². The van der Waals surface area contributed by atoms with Crippen LogP contribution in [0.2, 0.25) is 10.3 Å². The van der Waals surface area contributed by atoms with Crippen molar-refractivity contribution < 1.29 is 4.79 Å². The Morgan fingerprint density at radius 1 is 1.20 bits per heavy atom. The third-order valence-electron chi connectivity index (χ3n) is 2.89. The Balaban J connectivity index is 2.10. The van der Waals surface area contributed by atoms with Crippen molar-refractivity contribution in [2.45, 2.75) is 20.3 Å². The first-order valence-corrected chi connectivity index (χ1v) is 6.89. The number of nitrogens with zero attached hydrogens (tertiary/aromatic N) is 1. The largest absolute Gasteiger partial charge is 0.323 e. The summed E-state index contributed by atoms with van der Waals surface area (Å²) in [6.45, 7) is 3.83. The number of carbonyl (C=O) groups is 1. The molecule has 2 rings (SSSR count). The summed E-state index contributed by atoms with van der Waals surface area (Å²) in [6.07, 6.45) is 0.290. The lowest BCUT2D eigenvalue weighted by atomic mass is 10.1. The topological polar surface area (TPSA) is 42.0 Å². The van der Waals surface area contributed by atoms with Gasteiger partial charge in [0.05, 0.1) is 12.1 Å². The normalized spacial score (nSPS) is 10.4. The summed E-state index contributed by atoms with van der Waals surface area (Å²) < 4.78 is 0. The summed E-state index contributed by atoms with van der Waals surface area (Å²) in [7, 11) is 0. The Hall–Kier alpha value is -1.58. The van der Waals surface area contributed by atoms with Crippen molar-refractivity contribution >= 4 is 34.8 Å². The van der Waals surface area contributed by atoms with Crippen molar-refractivity contribution in [3.05, 3.63) is 57.3 Å². The molecule has 0 unspecified atom stereocenters. The second-order valence-corrected chi connectivity index (χ2v) is 5.38. The van der Waals surface area contributed by atoms with Crippen LogP contribution in [0.25, 0.3) is 0 Å². The maximum absolute atomic E-state index is 12.0. The van der Waals surface area contributed by atoms with Crippen molar-refractivity contribution in [1.29, 1.82) is 0 Å². The molecule has 2 aromatic rings. The van der Waals surface area contributed by atoms with Crippen LogP contribution in [0.5, 0.6) is 0 Å². The summed E-state index contributed by atoms with van der Waals surface area (Å²) in [4.78, 5) is 15.9. The van der Waals surface area contributed by atoms with E-state index in [-0.39, 0.29) is 11.1 Å². The SMILES string of the molecule is Cc1ccc(CC(=O)Nc2c(C)cc(Cl)nc2Cl)cc1. The summed E-state index contributed by atoms with van der Waals surface area (Å²) in [6, 6.07) is 9.48. The van der Waals surface area contributed by atoms with Gasteiger partial charge in [-0.1, -0.05) is 53.0 Å². The van der Waals surface area contributed by atoms with Gasteiger partial charge in [0.2, 0.25) is 5.91 Å². The van der Waals surface area contributed by atoms with E-state index in [1.165, 1.54) is 0 Å². The van der Waals surface area contributed by atoms with Crippen LogP contribution in [0, 0.1) is 13.8 Å². The second kappa shape index (κ2) is 6.25. The van der Waals surface area contributed by atoms with Gasteiger partial charge >= 0.3 is 0 Å². The summed E-state index contributed by atoms with van der Waals surface area (Å²) in [5, 5.41) is 3.29. The molecule has 0 saturated carbocycles. The molecule has 3 nitrogen and oxygen atoms in total. The van der Waals surface area contributed by atoms with E-state index in [0.29, 0.717) is 17.3 Å². The maximum Gasteiger partial charge on any atom is 0.228 e. The van der Waals surface area contributed by atoms with Gasteiger partial charge in [-0.3, -0.25) is 4.79 Å².